The van der Waals surface area contributed by atoms with Crippen LogP contribution in [0.15, 0.2) is 18.3 Å². The van der Waals surface area contributed by atoms with Gasteiger partial charge in [-0.25, -0.2) is 0 Å². The first-order valence-electron chi connectivity index (χ1n) is 7.32. The summed E-state index contributed by atoms with van der Waals surface area (Å²) in [7, 11) is 1.68. The van der Waals surface area contributed by atoms with E-state index in [0.717, 1.165) is 23.6 Å². The summed E-state index contributed by atoms with van der Waals surface area (Å²) in [6.45, 7) is 5.73. The summed E-state index contributed by atoms with van der Waals surface area (Å²) in [6.07, 6.45) is 5.45. The number of nitrogens with zero attached hydrogens (tertiary/aromatic N) is 4. The van der Waals surface area contributed by atoms with Crippen LogP contribution in [0.3, 0.4) is 0 Å². The molecular formula is C15H22N4O. The minimum absolute atomic E-state index is 0.577. The molecule has 2 aromatic heterocycles. The number of rotatable bonds is 4. The fourth-order valence-electron chi connectivity index (χ4n) is 3.15. The van der Waals surface area contributed by atoms with Gasteiger partial charge >= 0.3 is 0 Å². The highest BCUT2D eigenvalue weighted by Gasteiger charge is 2.27. The van der Waals surface area contributed by atoms with Crippen molar-refractivity contribution < 1.29 is 4.74 Å². The summed E-state index contributed by atoms with van der Waals surface area (Å²) >= 11 is 0. The van der Waals surface area contributed by atoms with E-state index in [1.807, 2.05) is 18.3 Å². The van der Waals surface area contributed by atoms with E-state index < -0.39 is 0 Å². The van der Waals surface area contributed by atoms with Crippen LogP contribution in [-0.4, -0.2) is 45.2 Å². The Bertz CT molecular complexity index is 593. The lowest BCUT2D eigenvalue weighted by atomic mass is 10.1. The first-order valence-corrected chi connectivity index (χ1v) is 7.32. The van der Waals surface area contributed by atoms with Crippen LogP contribution in [0.4, 0.5) is 0 Å². The van der Waals surface area contributed by atoms with Crippen molar-refractivity contribution in [2.75, 3.05) is 13.7 Å². The zero-order valence-electron chi connectivity index (χ0n) is 12.4. The maximum atomic E-state index is 5.29. The number of hydrogen-bond acceptors (Lipinski definition) is 4. The number of aromatic nitrogens is 3. The molecule has 0 aromatic carbocycles. The van der Waals surface area contributed by atoms with Crippen LogP contribution in [0.1, 0.15) is 32.5 Å². The molecule has 0 saturated carbocycles. The molecule has 1 unspecified atom stereocenters. The first-order chi connectivity index (χ1) is 9.69. The highest BCUT2D eigenvalue weighted by molar-refractivity contribution is 5.41. The molecule has 0 amide bonds. The van der Waals surface area contributed by atoms with Gasteiger partial charge in [-0.15, -0.1) is 10.2 Å². The summed E-state index contributed by atoms with van der Waals surface area (Å²) in [5.74, 6) is 1.86. The van der Waals surface area contributed by atoms with Crippen molar-refractivity contribution in [2.45, 2.75) is 45.2 Å². The van der Waals surface area contributed by atoms with Gasteiger partial charge in [0.2, 0.25) is 0 Å². The summed E-state index contributed by atoms with van der Waals surface area (Å²) in [5.41, 5.74) is 0.884. The SMILES string of the molecule is COc1ccc2nnc(CC3CCCN3C(C)C)n2c1. The monoisotopic (exact) mass is 274 g/mol. The summed E-state index contributed by atoms with van der Waals surface area (Å²) < 4.78 is 7.34. The largest absolute Gasteiger partial charge is 0.495 e. The van der Waals surface area contributed by atoms with E-state index in [1.54, 1.807) is 7.11 Å². The van der Waals surface area contributed by atoms with Crippen LogP contribution in [0, 0.1) is 0 Å². The van der Waals surface area contributed by atoms with Gasteiger partial charge in [0.05, 0.1) is 13.3 Å². The highest BCUT2D eigenvalue weighted by Crippen LogP contribution is 2.23. The van der Waals surface area contributed by atoms with Crippen LogP contribution in [-0.2, 0) is 6.42 Å². The molecule has 0 bridgehead atoms. The van der Waals surface area contributed by atoms with E-state index >= 15 is 0 Å². The van der Waals surface area contributed by atoms with Crippen LogP contribution >= 0.6 is 0 Å². The predicted octanol–water partition coefficient (Wildman–Crippen LogP) is 2.15. The molecular weight excluding hydrogens is 252 g/mol. The molecule has 0 N–H and O–H groups in total. The normalized spacial score (nSPS) is 20.1. The number of likely N-dealkylation sites (tertiary alicyclic amines) is 1. The van der Waals surface area contributed by atoms with Gasteiger partial charge in [-0.05, 0) is 45.4 Å². The van der Waals surface area contributed by atoms with E-state index in [-0.39, 0.29) is 0 Å². The molecule has 5 heteroatoms. The number of ether oxygens (including phenoxy) is 1. The van der Waals surface area contributed by atoms with Gasteiger partial charge < -0.3 is 4.74 Å². The third-order valence-electron chi connectivity index (χ3n) is 4.19. The first kappa shape index (κ1) is 13.4. The maximum absolute atomic E-state index is 5.29. The summed E-state index contributed by atoms with van der Waals surface area (Å²) in [4.78, 5) is 2.57. The second kappa shape index (κ2) is 5.40. The smallest absolute Gasteiger partial charge is 0.161 e. The zero-order valence-corrected chi connectivity index (χ0v) is 12.4. The lowest BCUT2D eigenvalue weighted by Crippen LogP contribution is -2.37. The van der Waals surface area contributed by atoms with Gasteiger partial charge in [-0.3, -0.25) is 9.30 Å². The van der Waals surface area contributed by atoms with Crippen molar-refractivity contribution in [2.24, 2.45) is 0 Å². The van der Waals surface area contributed by atoms with Gasteiger partial charge in [0, 0.05) is 18.5 Å². The molecule has 20 heavy (non-hydrogen) atoms. The van der Waals surface area contributed by atoms with Gasteiger partial charge in [0.1, 0.15) is 11.6 Å². The van der Waals surface area contributed by atoms with Crippen molar-refractivity contribution in [3.8, 4) is 5.75 Å². The average molecular weight is 274 g/mol. The highest BCUT2D eigenvalue weighted by atomic mass is 16.5. The van der Waals surface area contributed by atoms with Crippen LogP contribution in [0.5, 0.6) is 5.75 Å². The van der Waals surface area contributed by atoms with E-state index in [2.05, 4.69) is 33.3 Å². The number of pyridine rings is 1. The van der Waals surface area contributed by atoms with Crippen LogP contribution in [0.25, 0.3) is 5.65 Å². The second-order valence-corrected chi connectivity index (χ2v) is 5.75. The van der Waals surface area contributed by atoms with Crippen molar-refractivity contribution >= 4 is 5.65 Å². The minimum Gasteiger partial charge on any atom is -0.495 e. The molecule has 1 aliphatic rings. The van der Waals surface area contributed by atoms with E-state index in [1.165, 1.54) is 19.4 Å². The Morgan fingerprint density at radius 1 is 1.35 bits per heavy atom. The Balaban J connectivity index is 1.87. The number of hydrogen-bond donors (Lipinski definition) is 0. The second-order valence-electron chi connectivity index (χ2n) is 5.75. The van der Waals surface area contributed by atoms with Crippen molar-refractivity contribution in [3.63, 3.8) is 0 Å². The lowest BCUT2D eigenvalue weighted by Gasteiger charge is -2.27. The third kappa shape index (κ3) is 2.38. The van der Waals surface area contributed by atoms with Crippen molar-refractivity contribution in [1.29, 1.82) is 0 Å². The number of methoxy groups -OCH3 is 1. The van der Waals surface area contributed by atoms with Crippen molar-refractivity contribution in [3.05, 3.63) is 24.2 Å². The zero-order chi connectivity index (χ0) is 14.1. The van der Waals surface area contributed by atoms with Gasteiger partial charge in [-0.1, -0.05) is 0 Å². The van der Waals surface area contributed by atoms with Gasteiger partial charge in [0.15, 0.2) is 5.65 Å². The molecule has 1 aliphatic heterocycles. The molecule has 3 heterocycles. The minimum atomic E-state index is 0.577. The summed E-state index contributed by atoms with van der Waals surface area (Å²) in [6, 6.07) is 5.04. The quantitative estimate of drug-likeness (QED) is 0.857. The van der Waals surface area contributed by atoms with E-state index in [9.17, 15) is 0 Å². The van der Waals surface area contributed by atoms with Crippen LogP contribution in [0.2, 0.25) is 0 Å². The average Bonchev–Trinajstić information content (AvgIpc) is 3.06. The third-order valence-corrected chi connectivity index (χ3v) is 4.19. The van der Waals surface area contributed by atoms with Gasteiger partial charge in [-0.2, -0.15) is 0 Å². The molecule has 1 atom stereocenters. The topological polar surface area (TPSA) is 42.7 Å². The molecule has 3 rings (SSSR count). The standard InChI is InChI=1S/C15H22N4O/c1-11(2)18-8-4-5-12(18)9-15-17-16-14-7-6-13(20-3)10-19(14)15/h6-7,10-12H,4-5,8-9H2,1-3H3. The predicted molar refractivity (Wildman–Crippen MR) is 78.1 cm³/mol. The Morgan fingerprint density at radius 2 is 2.20 bits per heavy atom. The summed E-state index contributed by atoms with van der Waals surface area (Å²) in [5, 5.41) is 8.60. The van der Waals surface area contributed by atoms with Crippen molar-refractivity contribution in [1.82, 2.24) is 19.5 Å². The molecule has 1 saturated heterocycles. The fourth-order valence-corrected chi connectivity index (χ4v) is 3.15. The maximum Gasteiger partial charge on any atom is 0.161 e. The fraction of sp³-hybridized carbons (Fsp3) is 0.600. The van der Waals surface area contributed by atoms with Crippen LogP contribution < -0.4 is 4.74 Å². The lowest BCUT2D eigenvalue weighted by molar-refractivity contribution is 0.200. The molecule has 5 nitrogen and oxygen atoms in total. The molecule has 0 aliphatic carbocycles. The Hall–Kier alpha value is -1.62. The van der Waals surface area contributed by atoms with E-state index in [4.69, 9.17) is 4.74 Å². The molecule has 108 valence electrons. The Labute approximate surface area is 119 Å². The Kier molecular flexibility index (Phi) is 3.61. The molecule has 0 radical (unpaired) electrons. The molecule has 2 aromatic rings. The molecule has 1 fully saturated rings. The van der Waals surface area contributed by atoms with Gasteiger partial charge in [0.25, 0.3) is 0 Å². The Morgan fingerprint density at radius 3 is 2.95 bits per heavy atom. The molecule has 0 spiro atoms. The van der Waals surface area contributed by atoms with E-state index in [0.29, 0.717) is 12.1 Å². The number of fused-ring (bicyclic) bond motifs is 1.